The van der Waals surface area contributed by atoms with Crippen LogP contribution < -0.4 is 5.32 Å². The minimum Gasteiger partial charge on any atom is -0.326 e. The van der Waals surface area contributed by atoms with E-state index in [1.807, 2.05) is 30.3 Å². The maximum Gasteiger partial charge on any atom is 0.227 e. The van der Waals surface area contributed by atoms with Crippen molar-refractivity contribution in [3.63, 3.8) is 0 Å². The molecule has 1 N–H and O–H groups in total. The summed E-state index contributed by atoms with van der Waals surface area (Å²) in [7, 11) is 0. The van der Waals surface area contributed by atoms with E-state index in [1.165, 1.54) is 32.1 Å². The molecule has 1 aromatic rings. The summed E-state index contributed by atoms with van der Waals surface area (Å²) in [5, 5.41) is 3.01. The Kier molecular flexibility index (Phi) is 7.95. The van der Waals surface area contributed by atoms with E-state index in [2.05, 4.69) is 19.2 Å². The Morgan fingerprint density at radius 3 is 2.37 bits per heavy atom. The largest absolute Gasteiger partial charge is 0.326 e. The number of benzene rings is 1. The number of nitrogens with one attached hydrogen (secondary N) is 1. The van der Waals surface area contributed by atoms with E-state index in [4.69, 9.17) is 0 Å². The van der Waals surface area contributed by atoms with Gasteiger partial charge >= 0.3 is 0 Å². The van der Waals surface area contributed by atoms with E-state index in [9.17, 15) is 4.79 Å². The summed E-state index contributed by atoms with van der Waals surface area (Å²) in [4.78, 5) is 12.2. The van der Waals surface area contributed by atoms with Gasteiger partial charge in [-0.05, 0) is 25.0 Å². The summed E-state index contributed by atoms with van der Waals surface area (Å²) >= 11 is 0. The quantitative estimate of drug-likeness (QED) is 0.622. The molecule has 0 aliphatic rings. The van der Waals surface area contributed by atoms with E-state index in [0.29, 0.717) is 0 Å². The third-order valence-electron chi connectivity index (χ3n) is 3.56. The summed E-state index contributed by atoms with van der Waals surface area (Å²) in [6.07, 6.45) is 8.24. The second-order valence-electron chi connectivity index (χ2n) is 5.16. The predicted molar refractivity (Wildman–Crippen MR) is 82.2 cm³/mol. The van der Waals surface area contributed by atoms with Crippen molar-refractivity contribution in [2.45, 2.75) is 58.8 Å². The number of carbonyl (C=O) groups is 1. The number of unbranched alkanes of at least 4 members (excludes halogenated alkanes) is 4. The van der Waals surface area contributed by atoms with E-state index < -0.39 is 0 Å². The number of anilines is 1. The van der Waals surface area contributed by atoms with Crippen molar-refractivity contribution in [1.82, 2.24) is 0 Å². The predicted octanol–water partition coefficient (Wildman–Crippen LogP) is 5.01. The van der Waals surface area contributed by atoms with Crippen molar-refractivity contribution in [2.24, 2.45) is 5.92 Å². The molecule has 1 aromatic carbocycles. The lowest BCUT2D eigenvalue weighted by Gasteiger charge is -2.14. The highest BCUT2D eigenvalue weighted by Gasteiger charge is 2.15. The first-order chi connectivity index (χ1) is 9.27. The molecule has 0 heterocycles. The fourth-order valence-corrected chi connectivity index (χ4v) is 2.28. The van der Waals surface area contributed by atoms with Gasteiger partial charge in [0.05, 0.1) is 0 Å². The second kappa shape index (κ2) is 9.60. The fourth-order valence-electron chi connectivity index (χ4n) is 2.28. The number of para-hydroxylation sites is 1. The second-order valence-corrected chi connectivity index (χ2v) is 5.16. The van der Waals surface area contributed by atoms with Crippen LogP contribution in [-0.4, -0.2) is 5.91 Å². The minimum atomic E-state index is 0.154. The Morgan fingerprint density at radius 1 is 1.05 bits per heavy atom. The maximum atomic E-state index is 12.2. The Bertz CT molecular complexity index is 348. The molecular formula is C17H27NO. The lowest BCUT2D eigenvalue weighted by Crippen LogP contribution is -2.22. The summed E-state index contributed by atoms with van der Waals surface area (Å²) in [6, 6.07) is 9.72. The highest BCUT2D eigenvalue weighted by Crippen LogP contribution is 2.17. The molecule has 0 spiro atoms. The summed E-state index contributed by atoms with van der Waals surface area (Å²) in [5.74, 6) is 0.325. The zero-order chi connectivity index (χ0) is 13.9. The van der Waals surface area contributed by atoms with Crippen LogP contribution in [0.1, 0.15) is 58.8 Å². The molecule has 0 radical (unpaired) electrons. The summed E-state index contributed by atoms with van der Waals surface area (Å²) in [6.45, 7) is 4.32. The van der Waals surface area contributed by atoms with Crippen molar-refractivity contribution in [3.05, 3.63) is 30.3 Å². The van der Waals surface area contributed by atoms with Crippen LogP contribution in [0.5, 0.6) is 0 Å². The molecule has 106 valence electrons. The smallest absolute Gasteiger partial charge is 0.227 e. The third-order valence-corrected chi connectivity index (χ3v) is 3.56. The van der Waals surface area contributed by atoms with Gasteiger partial charge in [-0.15, -0.1) is 0 Å². The molecule has 19 heavy (non-hydrogen) atoms. The van der Waals surface area contributed by atoms with Gasteiger partial charge in [-0.25, -0.2) is 0 Å². The average Bonchev–Trinajstić information content (AvgIpc) is 2.44. The van der Waals surface area contributed by atoms with Gasteiger partial charge in [-0.3, -0.25) is 4.79 Å². The van der Waals surface area contributed by atoms with Gasteiger partial charge in [0.15, 0.2) is 0 Å². The molecule has 0 aromatic heterocycles. The number of carbonyl (C=O) groups excluding carboxylic acids is 1. The zero-order valence-corrected chi connectivity index (χ0v) is 12.3. The van der Waals surface area contributed by atoms with Crippen LogP contribution in [-0.2, 0) is 4.79 Å². The first kappa shape index (κ1) is 15.7. The van der Waals surface area contributed by atoms with Gasteiger partial charge in [0.25, 0.3) is 0 Å². The Balaban J connectivity index is 2.31. The molecule has 1 atom stereocenters. The number of hydrogen-bond donors (Lipinski definition) is 1. The number of amides is 1. The van der Waals surface area contributed by atoms with E-state index in [1.54, 1.807) is 0 Å². The number of rotatable bonds is 9. The van der Waals surface area contributed by atoms with Crippen molar-refractivity contribution < 1.29 is 4.79 Å². The monoisotopic (exact) mass is 261 g/mol. The molecule has 0 fully saturated rings. The summed E-state index contributed by atoms with van der Waals surface area (Å²) in [5.41, 5.74) is 0.900. The van der Waals surface area contributed by atoms with Gasteiger partial charge < -0.3 is 5.32 Å². The number of hydrogen-bond acceptors (Lipinski definition) is 1. The fraction of sp³-hybridized carbons (Fsp3) is 0.588. The topological polar surface area (TPSA) is 29.1 Å². The molecule has 0 saturated carbocycles. The van der Waals surface area contributed by atoms with E-state index in [0.717, 1.165) is 18.5 Å². The maximum absolute atomic E-state index is 12.2. The third kappa shape index (κ3) is 6.42. The molecule has 0 saturated heterocycles. The lowest BCUT2D eigenvalue weighted by molar-refractivity contribution is -0.120. The first-order valence-electron chi connectivity index (χ1n) is 7.63. The average molecular weight is 261 g/mol. The van der Waals surface area contributed by atoms with Crippen LogP contribution in [0.4, 0.5) is 5.69 Å². The Hall–Kier alpha value is -1.31. The van der Waals surface area contributed by atoms with E-state index in [-0.39, 0.29) is 11.8 Å². The molecule has 1 rings (SSSR count). The van der Waals surface area contributed by atoms with Crippen LogP contribution in [0.15, 0.2) is 30.3 Å². The minimum absolute atomic E-state index is 0.154. The molecule has 1 amide bonds. The van der Waals surface area contributed by atoms with Crippen LogP contribution in [0.2, 0.25) is 0 Å². The SMILES string of the molecule is CCCCCCCC(CC)C(=O)Nc1ccccc1. The van der Waals surface area contributed by atoms with Gasteiger partial charge in [-0.1, -0.05) is 64.2 Å². The molecule has 2 heteroatoms. The van der Waals surface area contributed by atoms with Crippen molar-refractivity contribution in [2.75, 3.05) is 5.32 Å². The van der Waals surface area contributed by atoms with Gasteiger partial charge in [-0.2, -0.15) is 0 Å². The van der Waals surface area contributed by atoms with Gasteiger partial charge in [0.1, 0.15) is 0 Å². The van der Waals surface area contributed by atoms with Crippen molar-refractivity contribution in [1.29, 1.82) is 0 Å². The molecule has 2 nitrogen and oxygen atoms in total. The molecule has 0 aliphatic heterocycles. The van der Waals surface area contributed by atoms with Crippen molar-refractivity contribution >= 4 is 11.6 Å². The highest BCUT2D eigenvalue weighted by molar-refractivity contribution is 5.92. The molecule has 0 aliphatic carbocycles. The van der Waals surface area contributed by atoms with Gasteiger partial charge in [0.2, 0.25) is 5.91 Å². The molecule has 0 bridgehead atoms. The van der Waals surface area contributed by atoms with Crippen molar-refractivity contribution in [3.8, 4) is 0 Å². The first-order valence-corrected chi connectivity index (χ1v) is 7.63. The van der Waals surface area contributed by atoms with E-state index >= 15 is 0 Å². The highest BCUT2D eigenvalue weighted by atomic mass is 16.1. The molecular weight excluding hydrogens is 234 g/mol. The van der Waals surface area contributed by atoms with Crippen LogP contribution in [0.25, 0.3) is 0 Å². The summed E-state index contributed by atoms with van der Waals surface area (Å²) < 4.78 is 0. The lowest BCUT2D eigenvalue weighted by atomic mass is 9.97. The standard InChI is InChI=1S/C17H27NO/c1-3-5-6-7-9-12-15(4-2)17(19)18-16-13-10-8-11-14-16/h8,10-11,13-15H,3-7,9,12H2,1-2H3,(H,18,19). The molecule has 1 unspecified atom stereocenters. The normalized spacial score (nSPS) is 12.1. The van der Waals surface area contributed by atoms with Crippen LogP contribution in [0.3, 0.4) is 0 Å². The Morgan fingerprint density at radius 2 is 1.74 bits per heavy atom. The Labute approximate surface area is 117 Å². The van der Waals surface area contributed by atoms with Gasteiger partial charge in [0, 0.05) is 11.6 Å². The zero-order valence-electron chi connectivity index (χ0n) is 12.3. The van der Waals surface area contributed by atoms with Crippen LogP contribution in [0, 0.1) is 5.92 Å². The van der Waals surface area contributed by atoms with Crippen LogP contribution >= 0.6 is 0 Å².